The number of rotatable bonds is 5. The summed E-state index contributed by atoms with van der Waals surface area (Å²) in [7, 11) is 0. The fraction of sp³-hybridized carbons (Fsp3) is 0.115. The van der Waals surface area contributed by atoms with Gasteiger partial charge in [-0.1, -0.05) is 60.7 Å². The Kier molecular flexibility index (Phi) is 5.87. The third kappa shape index (κ3) is 4.63. The van der Waals surface area contributed by atoms with Gasteiger partial charge in [-0.2, -0.15) is 0 Å². The van der Waals surface area contributed by atoms with Gasteiger partial charge < -0.3 is 15.5 Å². The van der Waals surface area contributed by atoms with Crippen LogP contribution in [0, 0.1) is 0 Å². The van der Waals surface area contributed by atoms with Crippen molar-refractivity contribution in [2.24, 2.45) is 0 Å². The molecule has 1 aliphatic rings. The normalized spacial score (nSPS) is 13.5. The molecule has 0 bridgehead atoms. The van der Waals surface area contributed by atoms with Crippen LogP contribution in [0.3, 0.4) is 0 Å². The maximum Gasteiger partial charge on any atom is 0.268 e. The van der Waals surface area contributed by atoms with Gasteiger partial charge in [-0.05, 0) is 24.3 Å². The molecule has 1 aliphatic heterocycles. The Morgan fingerprint density at radius 3 is 2.24 bits per heavy atom. The standard InChI is InChI=1S/C26H22N4O2S/c31-22-17-30(16-15-27-22)21-13-11-20(12-14-21)28-25(32)24-23(18-7-3-1-4-8-18)29-26(33-24)19-9-5-2-6-10-19/h1-14H,15-17H2,(H,27,31)(H,28,32). The molecule has 1 saturated heterocycles. The minimum atomic E-state index is -0.196. The zero-order chi connectivity index (χ0) is 22.6. The van der Waals surface area contributed by atoms with Gasteiger partial charge in [0, 0.05) is 35.6 Å². The first kappa shape index (κ1) is 20.9. The molecule has 3 aromatic carbocycles. The largest absolute Gasteiger partial charge is 0.360 e. The van der Waals surface area contributed by atoms with Gasteiger partial charge in [-0.25, -0.2) is 4.98 Å². The number of nitrogens with zero attached hydrogens (tertiary/aromatic N) is 2. The second kappa shape index (κ2) is 9.26. The van der Waals surface area contributed by atoms with Crippen molar-refractivity contribution < 1.29 is 9.59 Å². The minimum absolute atomic E-state index is 0.0199. The van der Waals surface area contributed by atoms with Gasteiger partial charge in [0.1, 0.15) is 9.88 Å². The fourth-order valence-corrected chi connectivity index (χ4v) is 4.76. The lowest BCUT2D eigenvalue weighted by Gasteiger charge is -2.28. The fourth-order valence-electron chi connectivity index (χ4n) is 3.77. The summed E-state index contributed by atoms with van der Waals surface area (Å²) in [5.74, 6) is -0.176. The van der Waals surface area contributed by atoms with Crippen LogP contribution in [0.2, 0.25) is 0 Å². The molecule has 1 aromatic heterocycles. The Balaban J connectivity index is 1.41. The number of aromatic nitrogens is 1. The molecule has 164 valence electrons. The van der Waals surface area contributed by atoms with Gasteiger partial charge in [0.05, 0.1) is 12.2 Å². The maximum atomic E-state index is 13.3. The van der Waals surface area contributed by atoms with Crippen molar-refractivity contribution in [2.45, 2.75) is 0 Å². The van der Waals surface area contributed by atoms with E-state index in [4.69, 9.17) is 4.98 Å². The highest BCUT2D eigenvalue weighted by Crippen LogP contribution is 2.34. The van der Waals surface area contributed by atoms with Gasteiger partial charge in [0.25, 0.3) is 5.91 Å². The molecule has 0 saturated carbocycles. The lowest BCUT2D eigenvalue weighted by atomic mass is 10.1. The average molecular weight is 455 g/mol. The molecule has 2 N–H and O–H groups in total. The van der Waals surface area contributed by atoms with Crippen molar-refractivity contribution in [2.75, 3.05) is 29.9 Å². The van der Waals surface area contributed by atoms with Crippen molar-refractivity contribution in [3.63, 3.8) is 0 Å². The van der Waals surface area contributed by atoms with Crippen LogP contribution < -0.4 is 15.5 Å². The second-order valence-electron chi connectivity index (χ2n) is 7.70. The Morgan fingerprint density at radius 2 is 1.58 bits per heavy atom. The highest BCUT2D eigenvalue weighted by molar-refractivity contribution is 7.17. The van der Waals surface area contributed by atoms with Crippen LogP contribution in [0.5, 0.6) is 0 Å². The first-order valence-corrected chi connectivity index (χ1v) is 11.5. The van der Waals surface area contributed by atoms with Crippen LogP contribution in [0.15, 0.2) is 84.9 Å². The number of thiazole rings is 1. The predicted octanol–water partition coefficient (Wildman–Crippen LogP) is 4.67. The highest BCUT2D eigenvalue weighted by Gasteiger charge is 2.21. The summed E-state index contributed by atoms with van der Waals surface area (Å²) < 4.78 is 0. The van der Waals surface area contributed by atoms with Gasteiger partial charge >= 0.3 is 0 Å². The second-order valence-corrected chi connectivity index (χ2v) is 8.70. The topological polar surface area (TPSA) is 74.3 Å². The van der Waals surface area contributed by atoms with E-state index < -0.39 is 0 Å². The molecular weight excluding hydrogens is 432 g/mol. The predicted molar refractivity (Wildman–Crippen MR) is 133 cm³/mol. The summed E-state index contributed by atoms with van der Waals surface area (Å²) in [6.45, 7) is 1.74. The zero-order valence-corrected chi connectivity index (χ0v) is 18.6. The number of hydrogen-bond acceptors (Lipinski definition) is 5. The monoisotopic (exact) mass is 454 g/mol. The van der Waals surface area contributed by atoms with E-state index in [1.807, 2.05) is 89.8 Å². The van der Waals surface area contributed by atoms with E-state index in [0.29, 0.717) is 29.3 Å². The van der Waals surface area contributed by atoms with Crippen molar-refractivity contribution in [1.82, 2.24) is 10.3 Å². The van der Waals surface area contributed by atoms with E-state index in [9.17, 15) is 9.59 Å². The molecule has 0 radical (unpaired) electrons. The van der Waals surface area contributed by atoms with E-state index >= 15 is 0 Å². The molecule has 7 heteroatoms. The van der Waals surface area contributed by atoms with Crippen LogP contribution in [0.25, 0.3) is 21.8 Å². The molecule has 0 aliphatic carbocycles. The molecular formula is C26H22N4O2S. The van der Waals surface area contributed by atoms with Crippen molar-refractivity contribution in [3.8, 4) is 21.8 Å². The minimum Gasteiger partial charge on any atom is -0.360 e. The number of carbonyl (C=O) groups excluding carboxylic acids is 2. The molecule has 2 amide bonds. The Hall–Kier alpha value is -3.97. The third-order valence-electron chi connectivity index (χ3n) is 5.43. The maximum absolute atomic E-state index is 13.3. The van der Waals surface area contributed by atoms with Gasteiger partial charge in [-0.15, -0.1) is 11.3 Å². The van der Waals surface area contributed by atoms with Gasteiger partial charge in [0.15, 0.2) is 0 Å². The van der Waals surface area contributed by atoms with Crippen LogP contribution in [-0.2, 0) is 4.79 Å². The molecule has 2 heterocycles. The molecule has 0 atom stereocenters. The summed E-state index contributed by atoms with van der Waals surface area (Å²) in [5, 5.41) is 6.64. The van der Waals surface area contributed by atoms with Crippen LogP contribution in [0.1, 0.15) is 9.67 Å². The Labute approximate surface area is 195 Å². The summed E-state index contributed by atoms with van der Waals surface area (Å²) in [4.78, 5) is 32.3. The number of anilines is 2. The van der Waals surface area contributed by atoms with E-state index in [0.717, 1.165) is 28.4 Å². The number of nitrogens with one attached hydrogen (secondary N) is 2. The molecule has 1 fully saturated rings. The first-order valence-electron chi connectivity index (χ1n) is 10.7. The van der Waals surface area contributed by atoms with Crippen LogP contribution in [-0.4, -0.2) is 36.4 Å². The van der Waals surface area contributed by atoms with Gasteiger partial charge in [-0.3, -0.25) is 9.59 Å². The molecule has 5 rings (SSSR count). The number of amides is 2. The number of hydrogen-bond donors (Lipinski definition) is 2. The molecule has 4 aromatic rings. The quantitative estimate of drug-likeness (QED) is 0.460. The molecule has 0 spiro atoms. The Bertz CT molecular complexity index is 1270. The van der Waals surface area contributed by atoms with Crippen LogP contribution >= 0.6 is 11.3 Å². The molecule has 6 nitrogen and oxygen atoms in total. The lowest BCUT2D eigenvalue weighted by Crippen LogP contribution is -2.47. The van der Waals surface area contributed by atoms with Crippen molar-refractivity contribution in [1.29, 1.82) is 0 Å². The number of piperazine rings is 1. The van der Waals surface area contributed by atoms with Crippen molar-refractivity contribution >= 4 is 34.5 Å². The van der Waals surface area contributed by atoms with E-state index in [1.165, 1.54) is 11.3 Å². The highest BCUT2D eigenvalue weighted by atomic mass is 32.1. The molecule has 33 heavy (non-hydrogen) atoms. The summed E-state index contributed by atoms with van der Waals surface area (Å²) in [5.41, 5.74) is 4.21. The Morgan fingerprint density at radius 1 is 0.909 bits per heavy atom. The van der Waals surface area contributed by atoms with Crippen molar-refractivity contribution in [3.05, 3.63) is 89.8 Å². The molecule has 0 unspecified atom stereocenters. The SMILES string of the molecule is O=C1CN(c2ccc(NC(=O)c3sc(-c4ccccc4)nc3-c3ccccc3)cc2)CCN1. The smallest absolute Gasteiger partial charge is 0.268 e. The van der Waals surface area contributed by atoms with E-state index in [2.05, 4.69) is 10.6 Å². The number of benzene rings is 3. The summed E-state index contributed by atoms with van der Waals surface area (Å²) in [6, 6.07) is 27.2. The van der Waals surface area contributed by atoms with Crippen LogP contribution in [0.4, 0.5) is 11.4 Å². The summed E-state index contributed by atoms with van der Waals surface area (Å²) >= 11 is 1.39. The van der Waals surface area contributed by atoms with E-state index in [1.54, 1.807) is 0 Å². The first-order chi connectivity index (χ1) is 16.2. The van der Waals surface area contributed by atoms with E-state index in [-0.39, 0.29) is 11.8 Å². The lowest BCUT2D eigenvalue weighted by molar-refractivity contribution is -0.120. The van der Waals surface area contributed by atoms with Gasteiger partial charge in [0.2, 0.25) is 5.91 Å². The summed E-state index contributed by atoms with van der Waals surface area (Å²) in [6.07, 6.45) is 0. The third-order valence-corrected chi connectivity index (χ3v) is 6.53. The number of carbonyl (C=O) groups is 2. The zero-order valence-electron chi connectivity index (χ0n) is 17.8. The average Bonchev–Trinajstić information content (AvgIpc) is 3.32.